The Labute approximate surface area is 112 Å². The highest BCUT2D eigenvalue weighted by atomic mass is 16.4. The Balaban J connectivity index is 2.51. The molecule has 0 bridgehead atoms. The Hall–Kier alpha value is -1.84. The average molecular weight is 262 g/mol. The smallest absolute Gasteiger partial charge is 0.307 e. The minimum Gasteiger partial charge on any atom is -0.481 e. The number of fused-ring (bicyclic) bond motifs is 1. The van der Waals surface area contributed by atoms with Crippen LogP contribution in [0.3, 0.4) is 0 Å². The molecule has 0 heterocycles. The minimum absolute atomic E-state index is 0.00288. The summed E-state index contributed by atoms with van der Waals surface area (Å²) in [6.07, 6.45) is 1.76. The van der Waals surface area contributed by atoms with Gasteiger partial charge in [-0.15, -0.1) is 0 Å². The largest absolute Gasteiger partial charge is 0.481 e. The molecule has 0 radical (unpaired) electrons. The highest BCUT2D eigenvalue weighted by Crippen LogP contribution is 2.40. The molecular formula is C15H18O4. The van der Waals surface area contributed by atoms with Crippen molar-refractivity contribution in [1.82, 2.24) is 0 Å². The van der Waals surface area contributed by atoms with Crippen LogP contribution < -0.4 is 0 Å². The van der Waals surface area contributed by atoms with E-state index in [0.29, 0.717) is 5.56 Å². The van der Waals surface area contributed by atoms with Crippen LogP contribution in [0.5, 0.6) is 0 Å². The first-order chi connectivity index (χ1) is 8.79. The Morgan fingerprint density at radius 1 is 1.16 bits per heavy atom. The summed E-state index contributed by atoms with van der Waals surface area (Å²) in [6, 6.07) is 3.67. The molecule has 0 aliphatic heterocycles. The number of hydrogen-bond donors (Lipinski definition) is 2. The minimum atomic E-state index is -0.892. The number of benzene rings is 1. The highest BCUT2D eigenvalue weighted by Gasteiger charge is 2.32. The molecule has 1 aliphatic rings. The van der Waals surface area contributed by atoms with Gasteiger partial charge in [0.1, 0.15) is 0 Å². The number of carbonyl (C=O) groups is 2. The zero-order chi connectivity index (χ0) is 14.2. The third-order valence-corrected chi connectivity index (χ3v) is 3.83. The van der Waals surface area contributed by atoms with E-state index in [-0.39, 0.29) is 18.3 Å². The molecular weight excluding hydrogens is 244 g/mol. The molecule has 0 unspecified atom stereocenters. The fourth-order valence-corrected chi connectivity index (χ4v) is 2.87. The second-order valence-corrected chi connectivity index (χ2v) is 5.81. The monoisotopic (exact) mass is 262 g/mol. The number of hydrogen-bond acceptors (Lipinski definition) is 2. The molecule has 102 valence electrons. The lowest BCUT2D eigenvalue weighted by molar-refractivity contribution is -0.137. The maximum Gasteiger partial charge on any atom is 0.307 e. The van der Waals surface area contributed by atoms with Crippen molar-refractivity contribution >= 4 is 11.9 Å². The van der Waals surface area contributed by atoms with E-state index in [1.807, 2.05) is 6.07 Å². The van der Waals surface area contributed by atoms with Gasteiger partial charge < -0.3 is 10.2 Å². The van der Waals surface area contributed by atoms with Crippen LogP contribution in [0.25, 0.3) is 0 Å². The van der Waals surface area contributed by atoms with Crippen molar-refractivity contribution in [3.05, 3.63) is 34.4 Å². The summed E-state index contributed by atoms with van der Waals surface area (Å²) in [7, 11) is 0. The van der Waals surface area contributed by atoms with Gasteiger partial charge in [0.05, 0.1) is 12.8 Å². The van der Waals surface area contributed by atoms with Crippen LogP contribution in [0.4, 0.5) is 0 Å². The van der Waals surface area contributed by atoms with E-state index in [9.17, 15) is 9.59 Å². The van der Waals surface area contributed by atoms with Crippen molar-refractivity contribution in [3.63, 3.8) is 0 Å². The molecule has 1 aromatic carbocycles. The van der Waals surface area contributed by atoms with Gasteiger partial charge in [0.15, 0.2) is 0 Å². The zero-order valence-corrected chi connectivity index (χ0v) is 11.2. The molecule has 0 saturated heterocycles. The Bertz CT molecular complexity index is 543. The highest BCUT2D eigenvalue weighted by molar-refractivity contribution is 5.73. The first-order valence-electron chi connectivity index (χ1n) is 6.38. The molecule has 0 fully saturated rings. The second-order valence-electron chi connectivity index (χ2n) is 5.81. The zero-order valence-electron chi connectivity index (χ0n) is 11.2. The molecule has 4 nitrogen and oxygen atoms in total. The van der Waals surface area contributed by atoms with Crippen molar-refractivity contribution in [2.75, 3.05) is 0 Å². The van der Waals surface area contributed by atoms with Crippen molar-refractivity contribution in [2.45, 2.75) is 44.9 Å². The maximum absolute atomic E-state index is 10.9. The lowest BCUT2D eigenvalue weighted by Gasteiger charge is -2.20. The summed E-state index contributed by atoms with van der Waals surface area (Å²) < 4.78 is 0. The van der Waals surface area contributed by atoms with Gasteiger partial charge in [-0.05, 0) is 40.5 Å². The first-order valence-corrected chi connectivity index (χ1v) is 6.38. The van der Waals surface area contributed by atoms with E-state index >= 15 is 0 Å². The van der Waals surface area contributed by atoms with E-state index in [1.165, 1.54) is 0 Å². The number of rotatable bonds is 4. The molecule has 4 heteroatoms. The van der Waals surface area contributed by atoms with Gasteiger partial charge in [0, 0.05) is 0 Å². The van der Waals surface area contributed by atoms with Crippen LogP contribution in [0.2, 0.25) is 0 Å². The summed E-state index contributed by atoms with van der Waals surface area (Å²) in [5, 5.41) is 17.9. The van der Waals surface area contributed by atoms with Gasteiger partial charge in [-0.3, -0.25) is 9.59 Å². The topological polar surface area (TPSA) is 74.6 Å². The van der Waals surface area contributed by atoms with Crippen molar-refractivity contribution in [3.8, 4) is 0 Å². The van der Waals surface area contributed by atoms with Crippen molar-refractivity contribution in [2.24, 2.45) is 0 Å². The fourth-order valence-electron chi connectivity index (χ4n) is 2.87. The second kappa shape index (κ2) is 4.68. The SMILES string of the molecule is CC1(C)CCc2c(CC(=O)O)cc(CC(=O)O)cc21. The summed E-state index contributed by atoms with van der Waals surface area (Å²) >= 11 is 0. The lowest BCUT2D eigenvalue weighted by Crippen LogP contribution is -2.14. The van der Waals surface area contributed by atoms with E-state index in [0.717, 1.165) is 29.5 Å². The maximum atomic E-state index is 10.9. The number of carboxylic acid groups (broad SMARTS) is 2. The van der Waals surface area contributed by atoms with Gasteiger partial charge in [0.25, 0.3) is 0 Å². The van der Waals surface area contributed by atoms with Crippen LogP contribution in [0.15, 0.2) is 12.1 Å². The molecule has 0 saturated carbocycles. The summed E-state index contributed by atoms with van der Waals surface area (Å²) in [6.45, 7) is 4.24. The Kier molecular flexibility index (Phi) is 3.35. The van der Waals surface area contributed by atoms with Gasteiger partial charge in [-0.2, -0.15) is 0 Å². The van der Waals surface area contributed by atoms with E-state index in [2.05, 4.69) is 13.8 Å². The average Bonchev–Trinajstić information content (AvgIpc) is 2.53. The van der Waals surface area contributed by atoms with Crippen molar-refractivity contribution < 1.29 is 19.8 Å². The van der Waals surface area contributed by atoms with Gasteiger partial charge in [-0.1, -0.05) is 26.0 Å². The molecule has 2 rings (SSSR count). The van der Waals surface area contributed by atoms with Crippen LogP contribution >= 0.6 is 0 Å². The Morgan fingerprint density at radius 3 is 2.37 bits per heavy atom. The molecule has 1 aromatic rings. The molecule has 1 aliphatic carbocycles. The molecule has 19 heavy (non-hydrogen) atoms. The molecule has 0 aromatic heterocycles. The predicted molar refractivity (Wildman–Crippen MR) is 70.5 cm³/mol. The Morgan fingerprint density at radius 2 is 1.79 bits per heavy atom. The number of carboxylic acids is 2. The molecule has 0 atom stereocenters. The van der Waals surface area contributed by atoms with Crippen LogP contribution in [0, 0.1) is 0 Å². The van der Waals surface area contributed by atoms with Crippen molar-refractivity contribution in [1.29, 1.82) is 0 Å². The number of aliphatic carboxylic acids is 2. The fraction of sp³-hybridized carbons (Fsp3) is 0.467. The summed E-state index contributed by atoms with van der Waals surface area (Å²) in [4.78, 5) is 21.8. The summed E-state index contributed by atoms with van der Waals surface area (Å²) in [5.74, 6) is -1.77. The van der Waals surface area contributed by atoms with Crippen LogP contribution in [-0.4, -0.2) is 22.2 Å². The van der Waals surface area contributed by atoms with Crippen LogP contribution in [0.1, 0.15) is 42.5 Å². The van der Waals surface area contributed by atoms with E-state index < -0.39 is 11.9 Å². The van der Waals surface area contributed by atoms with E-state index in [4.69, 9.17) is 10.2 Å². The normalized spacial score (nSPS) is 16.1. The first kappa shape index (κ1) is 13.6. The predicted octanol–water partition coefficient (Wildman–Crippen LogP) is 2.16. The third-order valence-electron chi connectivity index (χ3n) is 3.83. The van der Waals surface area contributed by atoms with E-state index in [1.54, 1.807) is 6.07 Å². The lowest BCUT2D eigenvalue weighted by atomic mass is 9.84. The van der Waals surface area contributed by atoms with Gasteiger partial charge in [0.2, 0.25) is 0 Å². The quantitative estimate of drug-likeness (QED) is 0.872. The van der Waals surface area contributed by atoms with Gasteiger partial charge in [-0.25, -0.2) is 0 Å². The standard InChI is InChI=1S/C15H18O4/c1-15(2)4-3-11-10(8-14(18)19)5-9(6-12(11)15)7-13(16)17/h5-6H,3-4,7-8H2,1-2H3,(H,16,17)(H,18,19). The summed E-state index contributed by atoms with van der Waals surface area (Å²) in [5.41, 5.74) is 3.67. The van der Waals surface area contributed by atoms with Gasteiger partial charge >= 0.3 is 11.9 Å². The van der Waals surface area contributed by atoms with Crippen LogP contribution in [-0.2, 0) is 34.3 Å². The molecule has 0 amide bonds. The molecule has 2 N–H and O–H groups in total. The molecule has 0 spiro atoms. The third kappa shape index (κ3) is 2.78.